The summed E-state index contributed by atoms with van der Waals surface area (Å²) in [7, 11) is 1.95. The molecular formula is C17H20BrFN2. The summed E-state index contributed by atoms with van der Waals surface area (Å²) >= 11 is 3.65. The number of hydrogen-bond acceptors (Lipinski definition) is 2. The summed E-state index contributed by atoms with van der Waals surface area (Å²) in [6, 6.07) is 13.2. The van der Waals surface area contributed by atoms with Crippen LogP contribution < -0.4 is 10.2 Å². The van der Waals surface area contributed by atoms with Crippen LogP contribution in [0.5, 0.6) is 0 Å². The first-order chi connectivity index (χ1) is 10.1. The third-order valence-electron chi connectivity index (χ3n) is 3.65. The molecule has 0 aliphatic carbocycles. The molecule has 0 aliphatic heterocycles. The molecule has 0 amide bonds. The van der Waals surface area contributed by atoms with Gasteiger partial charge in [-0.1, -0.05) is 6.07 Å². The van der Waals surface area contributed by atoms with Crippen LogP contribution in [0.2, 0.25) is 0 Å². The number of rotatable bonds is 5. The zero-order valence-electron chi connectivity index (χ0n) is 12.5. The van der Waals surface area contributed by atoms with E-state index in [4.69, 9.17) is 0 Å². The Morgan fingerprint density at radius 1 is 1.19 bits per heavy atom. The quantitative estimate of drug-likeness (QED) is 0.813. The van der Waals surface area contributed by atoms with Gasteiger partial charge in [0.25, 0.3) is 0 Å². The fourth-order valence-corrected chi connectivity index (χ4v) is 2.90. The molecule has 0 heterocycles. The van der Waals surface area contributed by atoms with Crippen LogP contribution >= 0.6 is 15.9 Å². The van der Waals surface area contributed by atoms with Crippen LogP contribution in [0.4, 0.5) is 15.8 Å². The van der Waals surface area contributed by atoms with Gasteiger partial charge < -0.3 is 10.2 Å². The van der Waals surface area contributed by atoms with Gasteiger partial charge in [0, 0.05) is 22.7 Å². The summed E-state index contributed by atoms with van der Waals surface area (Å²) in [6.45, 7) is 5.02. The Labute approximate surface area is 134 Å². The van der Waals surface area contributed by atoms with Crippen molar-refractivity contribution < 1.29 is 4.39 Å². The summed E-state index contributed by atoms with van der Waals surface area (Å²) in [5.41, 5.74) is 3.29. The summed E-state index contributed by atoms with van der Waals surface area (Å²) in [5, 5.41) is 3.23. The SMILES string of the molecule is CCN(c1ccc(F)cc1)c1ccc(C(C)NC)cc1Br. The van der Waals surface area contributed by atoms with Crippen LogP contribution in [0, 0.1) is 5.82 Å². The largest absolute Gasteiger partial charge is 0.341 e. The van der Waals surface area contributed by atoms with E-state index in [1.807, 2.05) is 7.05 Å². The monoisotopic (exact) mass is 350 g/mol. The highest BCUT2D eigenvalue weighted by Gasteiger charge is 2.13. The van der Waals surface area contributed by atoms with Gasteiger partial charge in [-0.15, -0.1) is 0 Å². The minimum absolute atomic E-state index is 0.216. The van der Waals surface area contributed by atoms with Crippen molar-refractivity contribution in [2.24, 2.45) is 0 Å². The minimum Gasteiger partial charge on any atom is -0.341 e. The van der Waals surface area contributed by atoms with Crippen LogP contribution in [0.25, 0.3) is 0 Å². The minimum atomic E-state index is -0.216. The lowest BCUT2D eigenvalue weighted by molar-refractivity contribution is 0.628. The zero-order chi connectivity index (χ0) is 15.4. The molecule has 2 nitrogen and oxygen atoms in total. The van der Waals surface area contributed by atoms with E-state index < -0.39 is 0 Å². The predicted octanol–water partition coefficient (Wildman–Crippen LogP) is 5.03. The van der Waals surface area contributed by atoms with E-state index in [2.05, 4.69) is 58.2 Å². The van der Waals surface area contributed by atoms with E-state index in [0.717, 1.165) is 22.4 Å². The summed E-state index contributed by atoms with van der Waals surface area (Å²) < 4.78 is 14.1. The van der Waals surface area contributed by atoms with Gasteiger partial charge in [-0.05, 0) is 78.8 Å². The first kappa shape index (κ1) is 16.0. The highest BCUT2D eigenvalue weighted by atomic mass is 79.9. The smallest absolute Gasteiger partial charge is 0.123 e. The molecule has 1 N–H and O–H groups in total. The summed E-state index contributed by atoms with van der Waals surface area (Å²) in [4.78, 5) is 2.15. The van der Waals surface area contributed by atoms with Crippen molar-refractivity contribution >= 4 is 27.3 Å². The first-order valence-corrected chi connectivity index (χ1v) is 7.86. The molecule has 0 saturated heterocycles. The first-order valence-electron chi connectivity index (χ1n) is 7.06. The molecule has 4 heteroatoms. The van der Waals surface area contributed by atoms with E-state index in [0.29, 0.717) is 6.04 Å². The molecule has 1 atom stereocenters. The van der Waals surface area contributed by atoms with Crippen molar-refractivity contribution in [1.82, 2.24) is 5.32 Å². The Bertz CT molecular complexity index is 598. The lowest BCUT2D eigenvalue weighted by Crippen LogP contribution is -2.17. The van der Waals surface area contributed by atoms with Crippen LogP contribution in [-0.4, -0.2) is 13.6 Å². The second-order valence-electron chi connectivity index (χ2n) is 4.94. The van der Waals surface area contributed by atoms with E-state index in [9.17, 15) is 4.39 Å². The Morgan fingerprint density at radius 2 is 1.86 bits per heavy atom. The highest BCUT2D eigenvalue weighted by molar-refractivity contribution is 9.10. The molecule has 0 saturated carbocycles. The van der Waals surface area contributed by atoms with Gasteiger partial charge in [-0.25, -0.2) is 4.39 Å². The molecule has 0 aliphatic rings. The number of benzene rings is 2. The fraction of sp³-hybridized carbons (Fsp3) is 0.294. The number of nitrogens with one attached hydrogen (secondary N) is 1. The molecule has 0 spiro atoms. The Balaban J connectivity index is 2.36. The fourth-order valence-electron chi connectivity index (χ4n) is 2.29. The lowest BCUT2D eigenvalue weighted by atomic mass is 10.1. The molecule has 0 aromatic heterocycles. The maximum Gasteiger partial charge on any atom is 0.123 e. The normalized spacial score (nSPS) is 12.2. The van der Waals surface area contributed by atoms with Crippen molar-refractivity contribution in [1.29, 1.82) is 0 Å². The average molecular weight is 351 g/mol. The molecule has 0 fully saturated rings. The third-order valence-corrected chi connectivity index (χ3v) is 4.29. The van der Waals surface area contributed by atoms with Crippen LogP contribution in [0.3, 0.4) is 0 Å². The molecule has 112 valence electrons. The highest BCUT2D eigenvalue weighted by Crippen LogP contribution is 2.33. The van der Waals surface area contributed by atoms with Gasteiger partial charge in [0.15, 0.2) is 0 Å². The van der Waals surface area contributed by atoms with Crippen LogP contribution in [0.15, 0.2) is 46.9 Å². The maximum atomic E-state index is 13.1. The van der Waals surface area contributed by atoms with Gasteiger partial charge >= 0.3 is 0 Å². The predicted molar refractivity (Wildman–Crippen MR) is 90.7 cm³/mol. The van der Waals surface area contributed by atoms with Crippen molar-refractivity contribution in [2.45, 2.75) is 19.9 Å². The van der Waals surface area contributed by atoms with Crippen molar-refractivity contribution in [3.05, 3.63) is 58.3 Å². The Kier molecular flexibility index (Phi) is 5.37. The third kappa shape index (κ3) is 3.63. The second-order valence-corrected chi connectivity index (χ2v) is 5.80. The number of nitrogens with zero attached hydrogens (tertiary/aromatic N) is 1. The van der Waals surface area contributed by atoms with Crippen molar-refractivity contribution in [3.8, 4) is 0 Å². The number of hydrogen-bond donors (Lipinski definition) is 1. The Hall–Kier alpha value is -1.39. The molecule has 2 aromatic rings. The summed E-state index contributed by atoms with van der Waals surface area (Å²) in [6.07, 6.45) is 0. The lowest BCUT2D eigenvalue weighted by Gasteiger charge is -2.25. The van der Waals surface area contributed by atoms with Crippen molar-refractivity contribution in [3.63, 3.8) is 0 Å². The topological polar surface area (TPSA) is 15.3 Å². The van der Waals surface area contributed by atoms with Gasteiger partial charge in [0.1, 0.15) is 5.82 Å². The van der Waals surface area contributed by atoms with E-state index in [1.54, 1.807) is 12.1 Å². The number of anilines is 2. The standard InChI is InChI=1S/C17H20BrFN2/c1-4-21(15-8-6-14(19)7-9-15)17-10-5-13(11-16(17)18)12(2)20-3/h5-12,20H,4H2,1-3H3. The average Bonchev–Trinajstić information content (AvgIpc) is 2.50. The van der Waals surface area contributed by atoms with E-state index >= 15 is 0 Å². The molecule has 21 heavy (non-hydrogen) atoms. The van der Waals surface area contributed by atoms with Gasteiger partial charge in [-0.3, -0.25) is 0 Å². The second kappa shape index (κ2) is 7.05. The molecular weight excluding hydrogens is 331 g/mol. The number of halogens is 2. The molecule has 1 unspecified atom stereocenters. The Morgan fingerprint density at radius 3 is 2.38 bits per heavy atom. The van der Waals surface area contributed by atoms with Crippen LogP contribution in [-0.2, 0) is 0 Å². The van der Waals surface area contributed by atoms with E-state index in [-0.39, 0.29) is 5.82 Å². The van der Waals surface area contributed by atoms with Gasteiger partial charge in [0.05, 0.1) is 5.69 Å². The van der Waals surface area contributed by atoms with Crippen LogP contribution in [0.1, 0.15) is 25.5 Å². The van der Waals surface area contributed by atoms with Gasteiger partial charge in [-0.2, -0.15) is 0 Å². The van der Waals surface area contributed by atoms with E-state index in [1.165, 1.54) is 17.7 Å². The maximum absolute atomic E-state index is 13.1. The molecule has 0 radical (unpaired) electrons. The summed E-state index contributed by atoms with van der Waals surface area (Å²) in [5.74, 6) is -0.216. The van der Waals surface area contributed by atoms with Gasteiger partial charge in [0.2, 0.25) is 0 Å². The van der Waals surface area contributed by atoms with Crippen molar-refractivity contribution in [2.75, 3.05) is 18.5 Å². The molecule has 0 bridgehead atoms. The molecule has 2 aromatic carbocycles. The zero-order valence-corrected chi connectivity index (χ0v) is 14.1. The molecule has 2 rings (SSSR count).